The van der Waals surface area contributed by atoms with E-state index in [-0.39, 0.29) is 52.0 Å². The second kappa shape index (κ2) is 10.5. The number of hydrogen-bond acceptors (Lipinski definition) is 9. The summed E-state index contributed by atoms with van der Waals surface area (Å²) in [7, 11) is 2.66. The van der Waals surface area contributed by atoms with Gasteiger partial charge in [-0.3, -0.25) is 30.0 Å². The number of amides is 2. The molecule has 194 valence electrons. The van der Waals surface area contributed by atoms with E-state index in [1.54, 1.807) is 6.92 Å². The summed E-state index contributed by atoms with van der Waals surface area (Å²) in [6.45, 7) is 2.11. The Morgan fingerprint density at radius 3 is 2.64 bits per heavy atom. The number of benzene rings is 1. The quantitative estimate of drug-likeness (QED) is 0.538. The molecule has 1 spiro atoms. The molecule has 1 aromatic carbocycles. The van der Waals surface area contributed by atoms with Gasteiger partial charge in [-0.15, -0.1) is 0 Å². The molecule has 2 amide bonds. The van der Waals surface area contributed by atoms with Crippen LogP contribution in [-0.2, 0) is 23.8 Å². The van der Waals surface area contributed by atoms with Gasteiger partial charge in [-0.05, 0) is 32.3 Å². The minimum absolute atomic E-state index is 0.0369. The second-order valence-corrected chi connectivity index (χ2v) is 8.98. The molecule has 11 nitrogen and oxygen atoms in total. The molecule has 2 aliphatic heterocycles. The van der Waals surface area contributed by atoms with E-state index in [0.29, 0.717) is 13.0 Å². The molecule has 1 aromatic rings. The first-order valence-corrected chi connectivity index (χ1v) is 11.9. The van der Waals surface area contributed by atoms with E-state index in [9.17, 15) is 19.2 Å². The maximum absolute atomic E-state index is 13.4. The number of rotatable bonds is 6. The minimum atomic E-state index is -1.58. The lowest BCUT2D eigenvalue weighted by atomic mass is 9.83. The molecule has 1 fully saturated rings. The average Bonchev–Trinajstić information content (AvgIpc) is 3.18. The Bertz CT molecular complexity index is 1130. The summed E-state index contributed by atoms with van der Waals surface area (Å²) in [5, 5.41) is -0.157. The van der Waals surface area contributed by atoms with Gasteiger partial charge in [0.25, 0.3) is 11.8 Å². The summed E-state index contributed by atoms with van der Waals surface area (Å²) in [6.07, 6.45) is 2.54. The van der Waals surface area contributed by atoms with Crippen LogP contribution in [0.5, 0.6) is 11.5 Å². The third kappa shape index (κ3) is 4.65. The zero-order chi connectivity index (χ0) is 26.0. The van der Waals surface area contributed by atoms with E-state index < -0.39 is 35.6 Å². The van der Waals surface area contributed by atoms with E-state index in [2.05, 4.69) is 10.9 Å². The number of Topliss-reactive ketones (excluding diaryl/α,β-unsaturated/α-hetero) is 1. The van der Waals surface area contributed by atoms with E-state index in [1.165, 1.54) is 26.4 Å². The average molecular weight is 523 g/mol. The highest BCUT2D eigenvalue weighted by atomic mass is 35.5. The van der Waals surface area contributed by atoms with Crippen molar-refractivity contribution in [3.8, 4) is 11.5 Å². The molecular formula is C24H27ClN2O9. The number of ether oxygens (including phenoxy) is 5. The van der Waals surface area contributed by atoms with Gasteiger partial charge in [0.05, 0.1) is 24.8 Å². The Kier molecular flexibility index (Phi) is 7.53. The van der Waals surface area contributed by atoms with Gasteiger partial charge in [0.15, 0.2) is 23.6 Å². The van der Waals surface area contributed by atoms with Gasteiger partial charge in [0.1, 0.15) is 17.4 Å². The molecule has 1 saturated heterocycles. The fourth-order valence-corrected chi connectivity index (χ4v) is 4.65. The molecule has 0 radical (unpaired) electrons. The maximum atomic E-state index is 13.4. The number of carbonyl (C=O) groups is 4. The summed E-state index contributed by atoms with van der Waals surface area (Å²) in [6, 6.07) is 1.28. The van der Waals surface area contributed by atoms with Crippen LogP contribution in [0.15, 0.2) is 17.9 Å². The van der Waals surface area contributed by atoms with Crippen molar-refractivity contribution < 1.29 is 42.9 Å². The first-order chi connectivity index (χ1) is 17.2. The highest BCUT2D eigenvalue weighted by Crippen LogP contribution is 2.51. The van der Waals surface area contributed by atoms with Crippen molar-refractivity contribution in [3.63, 3.8) is 0 Å². The molecule has 2 N–H and O–H groups in total. The van der Waals surface area contributed by atoms with Crippen molar-refractivity contribution in [2.24, 2.45) is 0 Å². The predicted molar refractivity (Wildman–Crippen MR) is 125 cm³/mol. The van der Waals surface area contributed by atoms with E-state index in [1.807, 2.05) is 0 Å². The first kappa shape index (κ1) is 25.9. The standard InChI is InChI=1S/C24H27ClN2O9/c1-12(35-17-6-4-5-9-34-17)22(30)26-27-23(31)14-11-15(32-2)18-20(19(14)25)36-24(21(18)29)8-7-13(28)10-16(24)33-3/h10-12,17H,4-9H2,1-3H3,(H,26,30)(H,27,31)/t12-,17?,24-/m0/s1. The topological polar surface area (TPSA) is 138 Å². The molecule has 1 aliphatic carbocycles. The molecule has 3 atom stereocenters. The van der Waals surface area contributed by atoms with Gasteiger partial charge in [-0.1, -0.05) is 11.6 Å². The third-order valence-electron chi connectivity index (χ3n) is 6.32. The number of ketones is 2. The smallest absolute Gasteiger partial charge is 0.271 e. The number of allylic oxidation sites excluding steroid dienone is 1. The number of hydrazine groups is 1. The van der Waals surface area contributed by atoms with Gasteiger partial charge >= 0.3 is 0 Å². The van der Waals surface area contributed by atoms with E-state index >= 15 is 0 Å². The Morgan fingerprint density at radius 2 is 1.97 bits per heavy atom. The SMILES string of the molecule is COC1=CC(=O)CC[C@]12Oc1c(Cl)c(C(=O)NNC(=O)[C@H](C)OC3CCCCO3)cc(OC)c1C2=O. The summed E-state index contributed by atoms with van der Waals surface area (Å²) in [4.78, 5) is 50.7. The van der Waals surface area contributed by atoms with Gasteiger partial charge in [0, 0.05) is 25.5 Å². The van der Waals surface area contributed by atoms with Crippen molar-refractivity contribution in [1.82, 2.24) is 10.9 Å². The molecule has 4 rings (SSSR count). The van der Waals surface area contributed by atoms with Gasteiger partial charge in [-0.25, -0.2) is 0 Å². The molecule has 2 heterocycles. The zero-order valence-corrected chi connectivity index (χ0v) is 20.9. The number of halogens is 1. The largest absolute Gasteiger partial charge is 0.496 e. The lowest BCUT2D eigenvalue weighted by Crippen LogP contribution is -2.47. The summed E-state index contributed by atoms with van der Waals surface area (Å²) in [5.74, 6) is -2.03. The highest BCUT2D eigenvalue weighted by molar-refractivity contribution is 6.37. The third-order valence-corrected chi connectivity index (χ3v) is 6.69. The molecular weight excluding hydrogens is 496 g/mol. The fraction of sp³-hybridized carbons (Fsp3) is 0.500. The Morgan fingerprint density at radius 1 is 1.19 bits per heavy atom. The van der Waals surface area contributed by atoms with Gasteiger partial charge in [0.2, 0.25) is 11.4 Å². The van der Waals surface area contributed by atoms with Crippen LogP contribution in [-0.4, -0.2) is 62.2 Å². The van der Waals surface area contributed by atoms with E-state index in [4.69, 9.17) is 35.3 Å². The highest BCUT2D eigenvalue weighted by Gasteiger charge is 2.56. The lowest BCUT2D eigenvalue weighted by molar-refractivity contribution is -0.189. The molecule has 1 unspecified atom stereocenters. The van der Waals surface area contributed by atoms with E-state index in [0.717, 1.165) is 12.8 Å². The Labute approximate surface area is 212 Å². The predicted octanol–water partition coefficient (Wildman–Crippen LogP) is 2.25. The van der Waals surface area contributed by atoms with Crippen LogP contribution in [0.1, 0.15) is 59.7 Å². The van der Waals surface area contributed by atoms with Crippen molar-refractivity contribution in [2.45, 2.75) is 57.0 Å². The van der Waals surface area contributed by atoms with Crippen LogP contribution in [0.4, 0.5) is 0 Å². The molecule has 3 aliphatic rings. The van der Waals surface area contributed by atoms with Crippen LogP contribution in [0.3, 0.4) is 0 Å². The summed E-state index contributed by atoms with van der Waals surface area (Å²) in [5.41, 5.74) is 2.94. The van der Waals surface area contributed by atoms with Crippen LogP contribution < -0.4 is 20.3 Å². The number of nitrogens with one attached hydrogen (secondary N) is 2. The van der Waals surface area contributed by atoms with Gasteiger partial charge in [-0.2, -0.15) is 0 Å². The normalized spacial score (nSPS) is 23.9. The summed E-state index contributed by atoms with van der Waals surface area (Å²) < 4.78 is 27.7. The van der Waals surface area contributed by atoms with Crippen molar-refractivity contribution in [1.29, 1.82) is 0 Å². The van der Waals surface area contributed by atoms with Crippen LogP contribution in [0, 0.1) is 0 Å². The number of fused-ring (bicyclic) bond motifs is 1. The fourth-order valence-electron chi connectivity index (χ4n) is 4.37. The molecule has 0 saturated carbocycles. The number of methoxy groups -OCH3 is 2. The molecule has 0 bridgehead atoms. The van der Waals surface area contributed by atoms with Crippen LogP contribution >= 0.6 is 11.6 Å². The van der Waals surface area contributed by atoms with Crippen molar-refractivity contribution in [3.05, 3.63) is 34.1 Å². The minimum Gasteiger partial charge on any atom is -0.496 e. The maximum Gasteiger partial charge on any atom is 0.271 e. The Balaban J connectivity index is 1.52. The first-order valence-electron chi connectivity index (χ1n) is 11.5. The lowest BCUT2D eigenvalue weighted by Gasteiger charge is -2.31. The number of hydrogen-bond donors (Lipinski definition) is 2. The Hall–Kier alpha value is -3.15. The monoisotopic (exact) mass is 522 g/mol. The zero-order valence-electron chi connectivity index (χ0n) is 20.1. The van der Waals surface area contributed by atoms with Crippen LogP contribution in [0.25, 0.3) is 0 Å². The van der Waals surface area contributed by atoms with Crippen LogP contribution in [0.2, 0.25) is 5.02 Å². The molecule has 36 heavy (non-hydrogen) atoms. The molecule has 12 heteroatoms. The second-order valence-electron chi connectivity index (χ2n) is 8.60. The van der Waals surface area contributed by atoms with Crippen molar-refractivity contribution >= 4 is 35.0 Å². The molecule has 0 aromatic heterocycles. The van der Waals surface area contributed by atoms with Gasteiger partial charge < -0.3 is 23.7 Å². The number of carbonyl (C=O) groups excluding carboxylic acids is 4. The summed E-state index contributed by atoms with van der Waals surface area (Å²) >= 11 is 6.50. The van der Waals surface area contributed by atoms with Crippen molar-refractivity contribution in [2.75, 3.05) is 20.8 Å².